The zero-order chi connectivity index (χ0) is 13.2. The van der Waals surface area contributed by atoms with Crippen molar-refractivity contribution in [1.29, 1.82) is 0 Å². The van der Waals surface area contributed by atoms with E-state index in [9.17, 15) is 13.2 Å². The molecule has 0 saturated carbocycles. The van der Waals surface area contributed by atoms with Gasteiger partial charge in [0.1, 0.15) is 5.97 Å². The Morgan fingerprint density at radius 2 is 2.00 bits per heavy atom. The number of hydrogen-bond acceptors (Lipinski definition) is 4. The molecule has 4 nitrogen and oxygen atoms in total. The average molecular weight is 263 g/mol. The molecule has 0 aromatic rings. The molecule has 0 fully saturated rings. The number of rotatable bonds is 5. The first-order chi connectivity index (χ1) is 7.25. The summed E-state index contributed by atoms with van der Waals surface area (Å²) in [5.41, 5.74) is 3.87. The molecule has 1 atom stereocenters. The topological polar surface area (TPSA) is 77.0 Å². The highest BCUT2D eigenvalue weighted by molar-refractivity contribution is 7.80. The second kappa shape index (κ2) is 9.73. The number of carbonyl (C=O) groups excluding carboxylic acids is 1. The third-order valence-corrected chi connectivity index (χ3v) is 1.88. The molecular weight excluding hydrogens is 247 g/mol. The first kappa shape index (κ1) is 17.9. The summed E-state index contributed by atoms with van der Waals surface area (Å²) in [6, 6.07) is 0.444. The molecule has 0 aliphatic carbocycles. The van der Waals surface area contributed by atoms with Crippen LogP contribution in [-0.2, 0) is 9.53 Å². The van der Waals surface area contributed by atoms with E-state index < -0.39 is 12.1 Å². The van der Waals surface area contributed by atoms with Crippen molar-refractivity contribution in [2.45, 2.75) is 25.6 Å². The van der Waals surface area contributed by atoms with Gasteiger partial charge in [-0.3, -0.25) is 0 Å². The van der Waals surface area contributed by atoms with Gasteiger partial charge in [-0.15, -0.1) is 0 Å². The second-order valence-corrected chi connectivity index (χ2v) is 3.18. The fraction of sp³-hybridized carbons (Fsp3) is 0.875. The Kier molecular flexibility index (Phi) is 10.9. The van der Waals surface area contributed by atoms with Crippen molar-refractivity contribution >= 4 is 18.6 Å². The molecule has 8 heteroatoms. The number of carboxylic acids is 1. The van der Waals surface area contributed by atoms with Crippen LogP contribution in [0.25, 0.3) is 0 Å². The number of carbonyl (C=O) groups is 1. The van der Waals surface area contributed by atoms with Gasteiger partial charge in [-0.05, 0) is 6.92 Å². The van der Waals surface area contributed by atoms with E-state index in [0.717, 1.165) is 25.4 Å². The Labute approximate surface area is 97.4 Å². The van der Waals surface area contributed by atoms with Crippen LogP contribution in [0.5, 0.6) is 0 Å². The summed E-state index contributed by atoms with van der Waals surface area (Å²) in [5, 5.41) is 8.78. The molecule has 3 N–H and O–H groups in total. The number of halogens is 3. The fourth-order valence-electron chi connectivity index (χ4n) is 0.486. The van der Waals surface area contributed by atoms with E-state index in [4.69, 9.17) is 14.6 Å². The normalized spacial score (nSPS) is 12.6. The fourth-order valence-corrected chi connectivity index (χ4v) is 0.668. The number of aliphatic carboxylic acids is 1. The van der Waals surface area contributed by atoms with Gasteiger partial charge < -0.3 is 20.4 Å². The number of thiol groups is 1. The van der Waals surface area contributed by atoms with Gasteiger partial charge in [-0.1, -0.05) is 0 Å². The molecule has 0 aliphatic heterocycles. The molecule has 0 aromatic heterocycles. The predicted molar refractivity (Wildman–Crippen MR) is 52.7 cm³/mol. The van der Waals surface area contributed by atoms with Crippen molar-refractivity contribution in [2.24, 2.45) is 0 Å². The lowest BCUT2D eigenvalue weighted by atomic mass is 10.3. The zero-order valence-electron chi connectivity index (χ0n) is 8.92. The van der Waals surface area contributed by atoms with Gasteiger partial charge in [0.2, 0.25) is 0 Å². The van der Waals surface area contributed by atoms with E-state index >= 15 is 0 Å². The standard InChI is InChI=1S/C6H15NOS.C2HF3O2/c1-2-8-4-3-6(7)5-9;3-2(4,5)1(6)7/h6,9H,2-5,7H2,1H3;(H,6,7)/t6-;/m0./s1. The molecule has 0 aliphatic rings. The molecule has 0 rings (SSSR count). The van der Waals surface area contributed by atoms with Crippen LogP contribution in [0.2, 0.25) is 0 Å². The van der Waals surface area contributed by atoms with E-state index in [1.54, 1.807) is 0 Å². The van der Waals surface area contributed by atoms with Crippen molar-refractivity contribution in [3.63, 3.8) is 0 Å². The molecule has 0 radical (unpaired) electrons. The summed E-state index contributed by atoms with van der Waals surface area (Å²) in [6.07, 6.45) is -4.17. The van der Waals surface area contributed by atoms with Gasteiger partial charge in [0, 0.05) is 18.8 Å². The largest absolute Gasteiger partial charge is 0.542 e. The van der Waals surface area contributed by atoms with Crippen molar-refractivity contribution in [1.82, 2.24) is 0 Å². The Bertz CT molecular complexity index is 190. The Morgan fingerprint density at radius 1 is 1.56 bits per heavy atom. The summed E-state index contributed by atoms with van der Waals surface area (Å²) in [7, 11) is 0. The van der Waals surface area contributed by atoms with Crippen LogP contribution in [0.3, 0.4) is 0 Å². The van der Waals surface area contributed by atoms with E-state index in [0.29, 0.717) is 6.04 Å². The van der Waals surface area contributed by atoms with Crippen LogP contribution >= 0.6 is 12.6 Å². The van der Waals surface area contributed by atoms with Gasteiger partial charge in [0.05, 0.1) is 12.6 Å². The molecule has 0 saturated heterocycles. The maximum Gasteiger partial charge on any atom is 0.430 e. The van der Waals surface area contributed by atoms with Crippen molar-refractivity contribution in [3.8, 4) is 0 Å². The van der Waals surface area contributed by atoms with Crippen LogP contribution in [0, 0.1) is 0 Å². The first-order valence-corrected chi connectivity index (χ1v) is 5.18. The van der Waals surface area contributed by atoms with Gasteiger partial charge in [0.15, 0.2) is 0 Å². The molecule has 0 unspecified atom stereocenters. The summed E-state index contributed by atoms with van der Waals surface area (Å²) in [4.78, 5) is 8.78. The summed E-state index contributed by atoms with van der Waals surface area (Å²) >= 11 is 4.10. The highest BCUT2D eigenvalue weighted by Gasteiger charge is 2.28. The highest BCUT2D eigenvalue weighted by Crippen LogP contribution is 2.11. The lowest BCUT2D eigenvalue weighted by Crippen LogP contribution is -2.62. The van der Waals surface area contributed by atoms with Crippen LogP contribution in [0.4, 0.5) is 13.2 Å². The molecule has 0 bridgehead atoms. The molecular formula is C8H16F3NO3S. The van der Waals surface area contributed by atoms with Crippen LogP contribution < -0.4 is 10.8 Å². The van der Waals surface area contributed by atoms with E-state index in [1.807, 2.05) is 6.92 Å². The van der Waals surface area contributed by atoms with E-state index in [2.05, 4.69) is 18.4 Å². The van der Waals surface area contributed by atoms with Gasteiger partial charge in [0.25, 0.3) is 0 Å². The van der Waals surface area contributed by atoms with Gasteiger partial charge in [-0.25, -0.2) is 0 Å². The van der Waals surface area contributed by atoms with Gasteiger partial charge in [-0.2, -0.15) is 25.8 Å². The summed E-state index contributed by atoms with van der Waals surface area (Å²) < 4.78 is 36.7. The maximum absolute atomic E-state index is 10.5. The SMILES string of the molecule is CCOCC[C@H]([NH3+])CS.O=C([O-])C(F)(F)F. The zero-order valence-corrected chi connectivity index (χ0v) is 9.81. The minimum Gasteiger partial charge on any atom is -0.542 e. The highest BCUT2D eigenvalue weighted by atomic mass is 32.1. The number of ether oxygens (including phenoxy) is 1. The lowest BCUT2D eigenvalue weighted by Gasteiger charge is -2.03. The van der Waals surface area contributed by atoms with Crippen LogP contribution in [0.1, 0.15) is 13.3 Å². The van der Waals surface area contributed by atoms with E-state index in [1.165, 1.54) is 0 Å². The van der Waals surface area contributed by atoms with E-state index in [-0.39, 0.29) is 0 Å². The predicted octanol–water partition coefficient (Wildman–Crippen LogP) is -0.748. The molecule has 16 heavy (non-hydrogen) atoms. The third kappa shape index (κ3) is 13.5. The first-order valence-electron chi connectivity index (χ1n) is 4.55. The monoisotopic (exact) mass is 263 g/mol. The Balaban J connectivity index is 0. The number of quaternary nitrogens is 1. The molecule has 0 spiro atoms. The number of hydrogen-bond donors (Lipinski definition) is 2. The third-order valence-electron chi connectivity index (χ3n) is 1.36. The summed E-state index contributed by atoms with van der Waals surface area (Å²) in [6.45, 7) is 3.63. The molecule has 0 aromatic carbocycles. The second-order valence-electron chi connectivity index (χ2n) is 2.82. The van der Waals surface area contributed by atoms with Crippen molar-refractivity contribution in [3.05, 3.63) is 0 Å². The molecule has 0 heterocycles. The number of carboxylic acid groups (broad SMARTS) is 1. The quantitative estimate of drug-likeness (QED) is 0.506. The van der Waals surface area contributed by atoms with Gasteiger partial charge >= 0.3 is 6.18 Å². The Hall–Kier alpha value is -0.470. The van der Waals surface area contributed by atoms with Crippen molar-refractivity contribution in [2.75, 3.05) is 19.0 Å². The van der Waals surface area contributed by atoms with Crippen LogP contribution in [-0.4, -0.2) is 37.2 Å². The van der Waals surface area contributed by atoms with Crippen molar-refractivity contribution < 1.29 is 33.5 Å². The lowest BCUT2D eigenvalue weighted by molar-refractivity contribution is -0.414. The smallest absolute Gasteiger partial charge is 0.430 e. The van der Waals surface area contributed by atoms with Crippen LogP contribution in [0.15, 0.2) is 0 Å². The molecule has 98 valence electrons. The Morgan fingerprint density at radius 3 is 2.25 bits per heavy atom. The average Bonchev–Trinajstić information content (AvgIpc) is 2.17. The molecule has 0 amide bonds. The summed E-state index contributed by atoms with van der Waals surface area (Å²) in [5.74, 6) is -2.15. The minimum atomic E-state index is -5.19. The maximum atomic E-state index is 10.5. The number of alkyl halides is 3. The minimum absolute atomic E-state index is 0.444.